The topological polar surface area (TPSA) is 126 Å². The second-order valence-electron chi connectivity index (χ2n) is 7.83. The van der Waals surface area contributed by atoms with Crippen molar-refractivity contribution in [2.24, 2.45) is 0 Å². The molecule has 2 amide bonds. The van der Waals surface area contributed by atoms with E-state index in [1.165, 1.54) is 36.0 Å². The zero-order valence-electron chi connectivity index (χ0n) is 18.8. The van der Waals surface area contributed by atoms with Gasteiger partial charge in [-0.1, -0.05) is 12.1 Å². The second kappa shape index (κ2) is 10.1. The average molecular weight is 475 g/mol. The molecule has 0 unspecified atom stereocenters. The Balaban J connectivity index is 1.81. The molecule has 178 valence electrons. The van der Waals surface area contributed by atoms with Crippen LogP contribution in [0, 0.1) is 5.82 Å². The van der Waals surface area contributed by atoms with E-state index in [-0.39, 0.29) is 35.8 Å². The summed E-state index contributed by atoms with van der Waals surface area (Å²) >= 11 is 0. The van der Waals surface area contributed by atoms with Crippen molar-refractivity contribution in [1.82, 2.24) is 25.2 Å². The lowest BCUT2D eigenvalue weighted by atomic mass is 10.0. The third-order valence-corrected chi connectivity index (χ3v) is 5.28. The maximum atomic E-state index is 13.5. The summed E-state index contributed by atoms with van der Waals surface area (Å²) in [6, 6.07) is 11.0. The zero-order chi connectivity index (χ0) is 24.9. The van der Waals surface area contributed by atoms with E-state index in [0.29, 0.717) is 17.7 Å². The Morgan fingerprint density at radius 3 is 2.49 bits per heavy atom. The fourth-order valence-corrected chi connectivity index (χ4v) is 3.67. The minimum atomic E-state index is -0.797. The number of pyridine rings is 3. The van der Waals surface area contributed by atoms with E-state index in [4.69, 9.17) is 0 Å². The molecule has 4 rings (SSSR count). The van der Waals surface area contributed by atoms with Gasteiger partial charge in [0, 0.05) is 32.4 Å². The average Bonchev–Trinajstić information content (AvgIpc) is 2.84. The van der Waals surface area contributed by atoms with Crippen molar-refractivity contribution in [3.05, 3.63) is 93.9 Å². The molecule has 35 heavy (non-hydrogen) atoms. The molecule has 9 nitrogen and oxygen atoms in total. The molecule has 0 radical (unpaired) electrons. The van der Waals surface area contributed by atoms with Crippen LogP contribution in [0.15, 0.2) is 65.8 Å². The van der Waals surface area contributed by atoms with Crippen LogP contribution in [0.3, 0.4) is 0 Å². The Hall–Kier alpha value is -4.60. The van der Waals surface area contributed by atoms with E-state index in [2.05, 4.69) is 20.6 Å². The number of aromatic nitrogens is 3. The van der Waals surface area contributed by atoms with Crippen molar-refractivity contribution in [1.29, 1.82) is 0 Å². The molecule has 0 aliphatic heterocycles. The van der Waals surface area contributed by atoms with Crippen LogP contribution >= 0.6 is 0 Å². The van der Waals surface area contributed by atoms with Crippen LogP contribution in [-0.2, 0) is 11.2 Å². The summed E-state index contributed by atoms with van der Waals surface area (Å²) in [4.78, 5) is 45.7. The van der Waals surface area contributed by atoms with Gasteiger partial charge in [0.2, 0.25) is 5.91 Å². The van der Waals surface area contributed by atoms with Crippen LogP contribution in [0.4, 0.5) is 4.39 Å². The highest BCUT2D eigenvalue weighted by Crippen LogP contribution is 2.27. The van der Waals surface area contributed by atoms with Gasteiger partial charge < -0.3 is 15.7 Å². The van der Waals surface area contributed by atoms with Gasteiger partial charge in [0.25, 0.3) is 11.5 Å². The maximum Gasteiger partial charge on any atom is 0.272 e. The van der Waals surface area contributed by atoms with Gasteiger partial charge in [-0.3, -0.25) is 28.9 Å². The van der Waals surface area contributed by atoms with E-state index < -0.39 is 22.8 Å². The van der Waals surface area contributed by atoms with Gasteiger partial charge in [-0.2, -0.15) is 0 Å². The highest BCUT2D eigenvalue weighted by atomic mass is 19.1. The molecule has 0 fully saturated rings. The van der Waals surface area contributed by atoms with E-state index in [0.717, 1.165) is 5.56 Å². The fourth-order valence-electron chi connectivity index (χ4n) is 3.67. The summed E-state index contributed by atoms with van der Waals surface area (Å²) in [7, 11) is 0. The molecular formula is C25H22FN5O4. The lowest BCUT2D eigenvalue weighted by molar-refractivity contribution is -0.118. The first kappa shape index (κ1) is 23.6. The number of rotatable bonds is 7. The van der Waals surface area contributed by atoms with Crippen molar-refractivity contribution in [2.75, 3.05) is 13.1 Å². The molecule has 3 N–H and O–H groups in total. The first-order valence-electron chi connectivity index (χ1n) is 10.8. The number of nitrogens with zero attached hydrogens (tertiary/aromatic N) is 3. The minimum absolute atomic E-state index is 0.0586. The predicted octanol–water partition coefficient (Wildman–Crippen LogP) is 2.08. The van der Waals surface area contributed by atoms with E-state index in [1.54, 1.807) is 36.5 Å². The van der Waals surface area contributed by atoms with Gasteiger partial charge in [0.05, 0.1) is 17.4 Å². The number of hydrogen-bond acceptors (Lipinski definition) is 6. The molecule has 0 atom stereocenters. The highest BCUT2D eigenvalue weighted by Gasteiger charge is 2.24. The smallest absolute Gasteiger partial charge is 0.272 e. The Bertz CT molecular complexity index is 1450. The first-order valence-corrected chi connectivity index (χ1v) is 10.8. The molecule has 0 aliphatic rings. The molecule has 1 aromatic carbocycles. The minimum Gasteiger partial charge on any atom is -0.505 e. The van der Waals surface area contributed by atoms with Crippen molar-refractivity contribution in [2.45, 2.75) is 13.3 Å². The zero-order valence-corrected chi connectivity index (χ0v) is 18.8. The van der Waals surface area contributed by atoms with Gasteiger partial charge in [0.1, 0.15) is 16.9 Å². The number of nitrogens with one attached hydrogen (secondary N) is 2. The van der Waals surface area contributed by atoms with Crippen LogP contribution in [0.1, 0.15) is 28.4 Å². The van der Waals surface area contributed by atoms with Gasteiger partial charge >= 0.3 is 0 Å². The number of hydrogen-bond donors (Lipinski definition) is 3. The molecule has 3 heterocycles. The van der Waals surface area contributed by atoms with E-state index in [9.17, 15) is 23.9 Å². The number of halogens is 1. The number of fused-ring (bicyclic) bond motifs is 1. The summed E-state index contributed by atoms with van der Waals surface area (Å²) < 4.78 is 14.5. The summed E-state index contributed by atoms with van der Waals surface area (Å²) in [5.41, 5.74) is 1.06. The first-order chi connectivity index (χ1) is 16.8. The lowest BCUT2D eigenvalue weighted by Gasteiger charge is -2.15. The number of carbonyl (C=O) groups excluding carboxylic acids is 2. The third kappa shape index (κ3) is 5.16. The van der Waals surface area contributed by atoms with Crippen molar-refractivity contribution in [3.8, 4) is 11.4 Å². The Labute approximate surface area is 199 Å². The molecular weight excluding hydrogens is 453 g/mol. The normalized spacial score (nSPS) is 10.8. The molecule has 0 saturated heterocycles. The standard InChI is InChI=1S/C25H22FN5O4/c1-15(32)28-9-10-29-24(34)21-23(33)22-20(31(25(21)35)19-3-2-8-27-14-19)12-17(13-30-22)11-16-4-6-18(26)7-5-16/h2-8,12-14,33H,9-11H2,1H3,(H,28,32)(H,29,34). The van der Waals surface area contributed by atoms with Gasteiger partial charge in [-0.15, -0.1) is 0 Å². The Kier molecular flexibility index (Phi) is 6.81. The van der Waals surface area contributed by atoms with Crippen LogP contribution in [0.2, 0.25) is 0 Å². The van der Waals surface area contributed by atoms with Crippen LogP contribution in [0.25, 0.3) is 16.7 Å². The van der Waals surface area contributed by atoms with Crippen molar-refractivity contribution in [3.63, 3.8) is 0 Å². The molecule has 0 saturated carbocycles. The lowest BCUT2D eigenvalue weighted by Crippen LogP contribution is -2.37. The van der Waals surface area contributed by atoms with Crippen LogP contribution in [0.5, 0.6) is 5.75 Å². The van der Waals surface area contributed by atoms with Crippen molar-refractivity contribution < 1.29 is 19.1 Å². The fraction of sp³-hybridized carbons (Fsp3) is 0.160. The molecule has 0 spiro atoms. The Morgan fingerprint density at radius 1 is 1.06 bits per heavy atom. The quantitative estimate of drug-likeness (QED) is 0.352. The number of benzene rings is 1. The largest absolute Gasteiger partial charge is 0.505 e. The van der Waals surface area contributed by atoms with E-state index in [1.807, 2.05) is 0 Å². The summed E-state index contributed by atoms with van der Waals surface area (Å²) in [5, 5.41) is 15.9. The number of aromatic hydroxyl groups is 1. The summed E-state index contributed by atoms with van der Waals surface area (Å²) in [6.45, 7) is 1.57. The molecule has 0 aliphatic carbocycles. The maximum absolute atomic E-state index is 13.5. The van der Waals surface area contributed by atoms with Crippen LogP contribution in [-0.4, -0.2) is 44.5 Å². The summed E-state index contributed by atoms with van der Waals surface area (Å²) in [6.07, 6.45) is 4.95. The van der Waals surface area contributed by atoms with E-state index >= 15 is 0 Å². The molecule has 10 heteroatoms. The SMILES string of the molecule is CC(=O)NCCNC(=O)c1c(O)c2ncc(Cc3ccc(F)cc3)cc2n(-c2cccnc2)c1=O. The monoisotopic (exact) mass is 475 g/mol. The number of carbonyl (C=O) groups is 2. The highest BCUT2D eigenvalue weighted by molar-refractivity contribution is 6.01. The second-order valence-corrected chi connectivity index (χ2v) is 7.83. The summed E-state index contributed by atoms with van der Waals surface area (Å²) in [5.74, 6) is -1.94. The van der Waals surface area contributed by atoms with Gasteiger partial charge in [-0.05, 0) is 47.9 Å². The molecule has 0 bridgehead atoms. The third-order valence-electron chi connectivity index (χ3n) is 5.28. The van der Waals surface area contributed by atoms with Crippen molar-refractivity contribution >= 4 is 22.8 Å². The Morgan fingerprint density at radius 2 is 1.80 bits per heavy atom. The van der Waals surface area contributed by atoms with Gasteiger partial charge in [-0.25, -0.2) is 4.39 Å². The van der Waals surface area contributed by atoms with Crippen LogP contribution < -0.4 is 16.2 Å². The molecule has 4 aromatic rings. The predicted molar refractivity (Wildman–Crippen MR) is 127 cm³/mol. The molecule has 3 aromatic heterocycles. The van der Waals surface area contributed by atoms with Gasteiger partial charge in [0.15, 0.2) is 5.75 Å². The number of amides is 2.